The zero-order chi connectivity index (χ0) is 13.1. The Labute approximate surface area is 108 Å². The van der Waals surface area contributed by atoms with E-state index in [1.54, 1.807) is 12.1 Å². The Hall–Kier alpha value is -1.51. The van der Waals surface area contributed by atoms with Crippen molar-refractivity contribution in [2.45, 2.75) is 45.6 Å². The quantitative estimate of drug-likeness (QED) is 0.885. The predicted molar refractivity (Wildman–Crippen MR) is 73.4 cm³/mol. The number of nitrogens with zero attached hydrogens (tertiary/aromatic N) is 1. The van der Waals surface area contributed by atoms with Crippen LogP contribution in [0.1, 0.15) is 48.5 Å². The standard InChI is InChI=1S/C15H21NO2/c1-3-16(13-6-4-5-7-13)14-9-8-12(15(17)18)10-11(14)2/h8-10,13H,3-7H2,1-2H3,(H,17,18). The van der Waals surface area contributed by atoms with Gasteiger partial charge in [0.05, 0.1) is 5.56 Å². The van der Waals surface area contributed by atoms with Crippen molar-refractivity contribution in [1.29, 1.82) is 0 Å². The molecule has 0 heterocycles. The molecule has 1 aromatic carbocycles. The van der Waals surface area contributed by atoms with Gasteiger partial charge in [-0.3, -0.25) is 0 Å². The summed E-state index contributed by atoms with van der Waals surface area (Å²) < 4.78 is 0. The monoisotopic (exact) mass is 247 g/mol. The second kappa shape index (κ2) is 5.42. The van der Waals surface area contributed by atoms with Crippen LogP contribution in [-0.2, 0) is 0 Å². The lowest BCUT2D eigenvalue weighted by Crippen LogP contribution is -2.33. The van der Waals surface area contributed by atoms with Gasteiger partial charge in [0.1, 0.15) is 0 Å². The van der Waals surface area contributed by atoms with Crippen LogP contribution in [0, 0.1) is 6.92 Å². The highest BCUT2D eigenvalue weighted by atomic mass is 16.4. The first-order valence-corrected chi connectivity index (χ1v) is 6.74. The molecule has 0 bridgehead atoms. The van der Waals surface area contributed by atoms with E-state index in [1.807, 2.05) is 13.0 Å². The third-order valence-corrected chi connectivity index (χ3v) is 3.86. The first kappa shape index (κ1) is 12.9. The van der Waals surface area contributed by atoms with Crippen molar-refractivity contribution in [2.75, 3.05) is 11.4 Å². The molecule has 0 unspecified atom stereocenters. The van der Waals surface area contributed by atoms with Crippen molar-refractivity contribution < 1.29 is 9.90 Å². The summed E-state index contributed by atoms with van der Waals surface area (Å²) in [5.41, 5.74) is 2.62. The van der Waals surface area contributed by atoms with E-state index in [-0.39, 0.29) is 0 Å². The van der Waals surface area contributed by atoms with E-state index >= 15 is 0 Å². The third-order valence-electron chi connectivity index (χ3n) is 3.86. The number of carbonyl (C=O) groups is 1. The summed E-state index contributed by atoms with van der Waals surface area (Å²) in [7, 11) is 0. The first-order chi connectivity index (χ1) is 8.63. The molecule has 0 amide bonds. The smallest absolute Gasteiger partial charge is 0.335 e. The van der Waals surface area contributed by atoms with Gasteiger partial charge in [-0.15, -0.1) is 0 Å². The minimum absolute atomic E-state index is 0.374. The predicted octanol–water partition coefficient (Wildman–Crippen LogP) is 3.46. The first-order valence-electron chi connectivity index (χ1n) is 6.74. The molecule has 1 saturated carbocycles. The van der Waals surface area contributed by atoms with Gasteiger partial charge in [0.15, 0.2) is 0 Å². The normalized spacial score (nSPS) is 15.9. The van der Waals surface area contributed by atoms with Crippen LogP contribution in [0.15, 0.2) is 18.2 Å². The summed E-state index contributed by atoms with van der Waals surface area (Å²) in [5.74, 6) is -0.853. The van der Waals surface area contributed by atoms with Crippen LogP contribution < -0.4 is 4.90 Å². The molecular weight excluding hydrogens is 226 g/mol. The molecule has 1 aliphatic rings. The number of carboxylic acids is 1. The van der Waals surface area contributed by atoms with E-state index in [2.05, 4.69) is 11.8 Å². The van der Waals surface area contributed by atoms with Gasteiger partial charge in [-0.1, -0.05) is 12.8 Å². The number of aromatic carboxylic acids is 1. The van der Waals surface area contributed by atoms with Gasteiger partial charge in [-0.2, -0.15) is 0 Å². The molecule has 0 aromatic heterocycles. The molecule has 98 valence electrons. The number of aryl methyl sites for hydroxylation is 1. The minimum Gasteiger partial charge on any atom is -0.478 e. The maximum absolute atomic E-state index is 10.9. The summed E-state index contributed by atoms with van der Waals surface area (Å²) >= 11 is 0. The molecule has 1 aliphatic carbocycles. The van der Waals surface area contributed by atoms with Crippen molar-refractivity contribution in [3.05, 3.63) is 29.3 Å². The molecule has 1 aromatic rings. The van der Waals surface area contributed by atoms with Crippen LogP contribution in [0.2, 0.25) is 0 Å². The highest BCUT2D eigenvalue weighted by molar-refractivity contribution is 5.88. The van der Waals surface area contributed by atoms with E-state index in [4.69, 9.17) is 5.11 Å². The summed E-state index contributed by atoms with van der Waals surface area (Å²) in [6.07, 6.45) is 5.14. The fraction of sp³-hybridized carbons (Fsp3) is 0.533. The fourth-order valence-electron chi connectivity index (χ4n) is 2.95. The Balaban J connectivity index is 2.27. The van der Waals surface area contributed by atoms with Crippen LogP contribution in [0.5, 0.6) is 0 Å². The second-order valence-corrected chi connectivity index (χ2v) is 5.03. The van der Waals surface area contributed by atoms with E-state index in [0.29, 0.717) is 11.6 Å². The second-order valence-electron chi connectivity index (χ2n) is 5.03. The number of carboxylic acid groups (broad SMARTS) is 1. The summed E-state index contributed by atoms with van der Waals surface area (Å²) in [6, 6.07) is 6.07. The number of hydrogen-bond donors (Lipinski definition) is 1. The maximum atomic E-state index is 10.9. The van der Waals surface area contributed by atoms with Crippen LogP contribution in [-0.4, -0.2) is 23.7 Å². The van der Waals surface area contributed by atoms with E-state index < -0.39 is 5.97 Å². The van der Waals surface area contributed by atoms with Gasteiger partial charge in [0.25, 0.3) is 0 Å². The van der Waals surface area contributed by atoms with Crippen molar-refractivity contribution in [2.24, 2.45) is 0 Å². The molecule has 1 fully saturated rings. The minimum atomic E-state index is -0.853. The largest absolute Gasteiger partial charge is 0.478 e. The SMILES string of the molecule is CCN(c1ccc(C(=O)O)cc1C)C1CCCC1. The Morgan fingerprint density at radius 2 is 2.06 bits per heavy atom. The summed E-state index contributed by atoms with van der Waals surface area (Å²) in [4.78, 5) is 13.4. The zero-order valence-corrected chi connectivity index (χ0v) is 11.1. The van der Waals surface area contributed by atoms with Crippen LogP contribution in [0.4, 0.5) is 5.69 Å². The molecular formula is C15H21NO2. The average molecular weight is 247 g/mol. The van der Waals surface area contributed by atoms with E-state index in [9.17, 15) is 4.79 Å². The Morgan fingerprint density at radius 3 is 2.56 bits per heavy atom. The highest BCUT2D eigenvalue weighted by Crippen LogP contribution is 2.30. The molecule has 3 heteroatoms. The summed E-state index contributed by atoms with van der Waals surface area (Å²) in [5, 5.41) is 8.99. The average Bonchev–Trinajstić information content (AvgIpc) is 2.85. The molecule has 1 N–H and O–H groups in total. The fourth-order valence-corrected chi connectivity index (χ4v) is 2.95. The van der Waals surface area contributed by atoms with E-state index in [1.165, 1.54) is 31.4 Å². The van der Waals surface area contributed by atoms with Crippen molar-refractivity contribution in [3.8, 4) is 0 Å². The topological polar surface area (TPSA) is 40.5 Å². The Bertz CT molecular complexity index is 436. The van der Waals surface area contributed by atoms with Gasteiger partial charge in [-0.25, -0.2) is 4.79 Å². The van der Waals surface area contributed by atoms with Crippen LogP contribution in [0.3, 0.4) is 0 Å². The number of hydrogen-bond acceptors (Lipinski definition) is 2. The van der Waals surface area contributed by atoms with Gasteiger partial charge < -0.3 is 10.0 Å². The molecule has 0 aliphatic heterocycles. The lowest BCUT2D eigenvalue weighted by atomic mass is 10.1. The summed E-state index contributed by atoms with van der Waals surface area (Å²) in [6.45, 7) is 5.15. The maximum Gasteiger partial charge on any atom is 0.335 e. The highest BCUT2D eigenvalue weighted by Gasteiger charge is 2.22. The lowest BCUT2D eigenvalue weighted by Gasteiger charge is -2.31. The van der Waals surface area contributed by atoms with Crippen LogP contribution >= 0.6 is 0 Å². The zero-order valence-electron chi connectivity index (χ0n) is 11.1. The molecule has 0 saturated heterocycles. The number of rotatable bonds is 4. The molecule has 2 rings (SSSR count). The molecule has 0 radical (unpaired) electrons. The number of anilines is 1. The Kier molecular flexibility index (Phi) is 3.90. The van der Waals surface area contributed by atoms with Crippen LogP contribution in [0.25, 0.3) is 0 Å². The third kappa shape index (κ3) is 2.50. The van der Waals surface area contributed by atoms with Gasteiger partial charge in [-0.05, 0) is 50.5 Å². The lowest BCUT2D eigenvalue weighted by molar-refractivity contribution is 0.0697. The van der Waals surface area contributed by atoms with Crippen molar-refractivity contribution in [3.63, 3.8) is 0 Å². The van der Waals surface area contributed by atoms with Crippen molar-refractivity contribution in [1.82, 2.24) is 0 Å². The van der Waals surface area contributed by atoms with Gasteiger partial charge >= 0.3 is 5.97 Å². The number of benzene rings is 1. The molecule has 0 spiro atoms. The Morgan fingerprint density at radius 1 is 1.39 bits per heavy atom. The van der Waals surface area contributed by atoms with E-state index in [0.717, 1.165) is 12.1 Å². The molecule has 3 nitrogen and oxygen atoms in total. The molecule has 0 atom stereocenters. The van der Waals surface area contributed by atoms with Gasteiger partial charge in [0.2, 0.25) is 0 Å². The molecule has 18 heavy (non-hydrogen) atoms. The van der Waals surface area contributed by atoms with Crippen molar-refractivity contribution >= 4 is 11.7 Å². The van der Waals surface area contributed by atoms with Gasteiger partial charge in [0, 0.05) is 18.3 Å².